The average Bonchev–Trinajstić information content (AvgIpc) is 3.01. The third-order valence-corrected chi connectivity index (χ3v) is 4.18. The van der Waals surface area contributed by atoms with Crippen LogP contribution in [-0.4, -0.2) is 16.6 Å². The first kappa shape index (κ1) is 12.0. The van der Waals surface area contributed by atoms with Gasteiger partial charge in [0, 0.05) is 6.04 Å². The lowest BCUT2D eigenvalue weighted by Gasteiger charge is -2.14. The smallest absolute Gasteiger partial charge is 0.0803 e. The van der Waals surface area contributed by atoms with Gasteiger partial charge in [-0.25, -0.2) is 0 Å². The predicted octanol–water partition coefficient (Wildman–Crippen LogP) is 2.94. The molecule has 1 unspecified atom stereocenters. The van der Waals surface area contributed by atoms with E-state index in [0.717, 1.165) is 18.8 Å². The first-order chi connectivity index (χ1) is 7.85. The minimum Gasteiger partial charge on any atom is -0.312 e. The molecule has 1 heterocycles. The van der Waals surface area contributed by atoms with E-state index in [9.17, 15) is 0 Å². The van der Waals surface area contributed by atoms with Gasteiger partial charge in [0.25, 0.3) is 0 Å². The fraction of sp³-hybridized carbons (Fsp3) is 0.833. The van der Waals surface area contributed by atoms with Gasteiger partial charge in [0.1, 0.15) is 0 Å². The number of rotatable bonds is 7. The van der Waals surface area contributed by atoms with Crippen molar-refractivity contribution in [2.75, 3.05) is 7.05 Å². The molecule has 0 amide bonds. The van der Waals surface area contributed by atoms with Crippen molar-refractivity contribution in [3.05, 3.63) is 10.6 Å². The Labute approximate surface area is 102 Å². The summed E-state index contributed by atoms with van der Waals surface area (Å²) in [7, 11) is 2.05. The van der Waals surface area contributed by atoms with Crippen LogP contribution in [0, 0.1) is 5.92 Å². The first-order valence-electron chi connectivity index (χ1n) is 6.33. The van der Waals surface area contributed by atoms with Gasteiger partial charge in [-0.2, -0.15) is 0 Å². The van der Waals surface area contributed by atoms with Crippen LogP contribution < -0.4 is 5.32 Å². The molecule has 0 aliphatic heterocycles. The molecule has 1 N–H and O–H groups in total. The Hall–Kier alpha value is -0.480. The van der Waals surface area contributed by atoms with Crippen LogP contribution in [0.25, 0.3) is 0 Å². The van der Waals surface area contributed by atoms with Gasteiger partial charge in [-0.3, -0.25) is 0 Å². The van der Waals surface area contributed by atoms with Crippen LogP contribution in [0.15, 0.2) is 0 Å². The van der Waals surface area contributed by atoms with Crippen LogP contribution in [0.5, 0.6) is 0 Å². The normalized spacial score (nSPS) is 17.6. The summed E-state index contributed by atoms with van der Waals surface area (Å²) in [5, 5.41) is 7.66. The number of aromatic nitrogens is 2. The number of hydrogen-bond donors (Lipinski definition) is 1. The number of nitrogens with one attached hydrogen (secondary N) is 1. The van der Waals surface area contributed by atoms with E-state index < -0.39 is 0 Å². The molecular formula is C12H21N3S. The van der Waals surface area contributed by atoms with Crippen molar-refractivity contribution in [2.45, 2.75) is 51.5 Å². The summed E-state index contributed by atoms with van der Waals surface area (Å²) >= 11 is 1.57. The molecule has 1 aromatic rings. The van der Waals surface area contributed by atoms with E-state index in [-0.39, 0.29) is 0 Å². The molecule has 16 heavy (non-hydrogen) atoms. The van der Waals surface area contributed by atoms with Gasteiger partial charge in [0.05, 0.1) is 10.6 Å². The van der Waals surface area contributed by atoms with E-state index in [4.69, 9.17) is 0 Å². The van der Waals surface area contributed by atoms with Crippen molar-refractivity contribution in [3.8, 4) is 0 Å². The Morgan fingerprint density at radius 3 is 2.94 bits per heavy atom. The summed E-state index contributed by atoms with van der Waals surface area (Å²) in [6.45, 7) is 2.20. The quantitative estimate of drug-likeness (QED) is 0.795. The second-order valence-electron chi connectivity index (χ2n) is 4.70. The molecule has 1 atom stereocenters. The van der Waals surface area contributed by atoms with Gasteiger partial charge in [0.15, 0.2) is 0 Å². The van der Waals surface area contributed by atoms with Crippen LogP contribution in [-0.2, 0) is 6.42 Å². The van der Waals surface area contributed by atoms with Gasteiger partial charge in [-0.05, 0) is 43.8 Å². The highest BCUT2D eigenvalue weighted by Gasteiger charge is 2.24. The first-order valence-corrected chi connectivity index (χ1v) is 7.10. The molecular weight excluding hydrogens is 218 g/mol. The van der Waals surface area contributed by atoms with Crippen LogP contribution in [0.2, 0.25) is 0 Å². The molecule has 0 saturated heterocycles. The third kappa shape index (κ3) is 3.01. The predicted molar refractivity (Wildman–Crippen MR) is 67.7 cm³/mol. The van der Waals surface area contributed by atoms with E-state index in [2.05, 4.69) is 21.8 Å². The molecule has 1 aliphatic carbocycles. The highest BCUT2D eigenvalue weighted by Crippen LogP contribution is 2.36. The molecule has 1 fully saturated rings. The van der Waals surface area contributed by atoms with Gasteiger partial charge >= 0.3 is 0 Å². The molecule has 0 bridgehead atoms. The number of hydrogen-bond acceptors (Lipinski definition) is 4. The molecule has 4 heteroatoms. The van der Waals surface area contributed by atoms with E-state index in [1.54, 1.807) is 11.5 Å². The van der Waals surface area contributed by atoms with Gasteiger partial charge in [-0.1, -0.05) is 30.7 Å². The second kappa shape index (κ2) is 5.73. The van der Waals surface area contributed by atoms with E-state index in [1.165, 1.54) is 36.3 Å². The standard InChI is InChI=1S/C12H21N3S/c1-3-4-11-12(16-15-14-11)10(13-2)8-7-9-5-6-9/h9-10,13H,3-8H2,1-2H3. The maximum atomic E-state index is 4.25. The Balaban J connectivity index is 1.96. The summed E-state index contributed by atoms with van der Waals surface area (Å²) in [4.78, 5) is 1.37. The molecule has 0 radical (unpaired) electrons. The van der Waals surface area contributed by atoms with Gasteiger partial charge < -0.3 is 5.32 Å². The SMILES string of the molecule is CCCc1nnsc1C(CCC1CC1)NC. The highest BCUT2D eigenvalue weighted by molar-refractivity contribution is 7.05. The third-order valence-electron chi connectivity index (χ3n) is 3.30. The fourth-order valence-corrected chi connectivity index (χ4v) is 2.94. The van der Waals surface area contributed by atoms with Crippen molar-refractivity contribution in [2.24, 2.45) is 5.92 Å². The Morgan fingerprint density at radius 1 is 1.50 bits per heavy atom. The van der Waals surface area contributed by atoms with Crippen LogP contribution in [0.1, 0.15) is 55.6 Å². The Morgan fingerprint density at radius 2 is 2.31 bits per heavy atom. The summed E-state index contributed by atoms with van der Waals surface area (Å²) in [5.74, 6) is 1.01. The minimum atomic E-state index is 0.474. The lowest BCUT2D eigenvalue weighted by molar-refractivity contribution is 0.508. The maximum Gasteiger partial charge on any atom is 0.0803 e. The van der Waals surface area contributed by atoms with Crippen molar-refractivity contribution in [1.82, 2.24) is 14.9 Å². The zero-order chi connectivity index (χ0) is 11.4. The maximum absolute atomic E-state index is 4.25. The summed E-state index contributed by atoms with van der Waals surface area (Å²) in [6, 6.07) is 0.474. The monoisotopic (exact) mass is 239 g/mol. The van der Waals surface area contributed by atoms with Gasteiger partial charge in [0.2, 0.25) is 0 Å². The lowest BCUT2D eigenvalue weighted by Crippen LogP contribution is -2.16. The van der Waals surface area contributed by atoms with Crippen LogP contribution in [0.4, 0.5) is 0 Å². The molecule has 3 nitrogen and oxygen atoms in total. The molecule has 90 valence electrons. The highest BCUT2D eigenvalue weighted by atomic mass is 32.1. The molecule has 0 spiro atoms. The van der Waals surface area contributed by atoms with Crippen molar-refractivity contribution >= 4 is 11.5 Å². The molecule has 2 rings (SSSR count). The number of aryl methyl sites for hydroxylation is 1. The Bertz CT molecular complexity index is 320. The van der Waals surface area contributed by atoms with Crippen molar-refractivity contribution in [1.29, 1.82) is 0 Å². The van der Waals surface area contributed by atoms with E-state index in [0.29, 0.717) is 6.04 Å². The average molecular weight is 239 g/mol. The molecule has 0 aromatic carbocycles. The van der Waals surface area contributed by atoms with Gasteiger partial charge in [-0.15, -0.1) is 5.10 Å². The molecule has 1 saturated carbocycles. The largest absolute Gasteiger partial charge is 0.312 e. The second-order valence-corrected chi connectivity index (χ2v) is 5.48. The van der Waals surface area contributed by atoms with Crippen molar-refractivity contribution < 1.29 is 0 Å². The fourth-order valence-electron chi connectivity index (χ4n) is 2.11. The zero-order valence-corrected chi connectivity index (χ0v) is 11.0. The van der Waals surface area contributed by atoms with Crippen LogP contribution in [0.3, 0.4) is 0 Å². The summed E-state index contributed by atoms with van der Waals surface area (Å²) in [6.07, 6.45) is 7.69. The van der Waals surface area contributed by atoms with Crippen LogP contribution >= 0.6 is 11.5 Å². The topological polar surface area (TPSA) is 37.8 Å². The lowest BCUT2D eigenvalue weighted by atomic mass is 10.0. The van der Waals surface area contributed by atoms with E-state index in [1.807, 2.05) is 7.05 Å². The van der Waals surface area contributed by atoms with Crippen molar-refractivity contribution in [3.63, 3.8) is 0 Å². The van der Waals surface area contributed by atoms with E-state index >= 15 is 0 Å². The summed E-state index contributed by atoms with van der Waals surface area (Å²) < 4.78 is 4.10. The number of nitrogens with zero attached hydrogens (tertiary/aromatic N) is 2. The minimum absolute atomic E-state index is 0.474. The molecule has 1 aromatic heterocycles. The molecule has 1 aliphatic rings. The zero-order valence-electron chi connectivity index (χ0n) is 10.2. The summed E-state index contributed by atoms with van der Waals surface area (Å²) in [5.41, 5.74) is 1.21. The Kier molecular flexibility index (Phi) is 4.29.